The van der Waals surface area contributed by atoms with Crippen LogP contribution in [0.2, 0.25) is 0 Å². The van der Waals surface area contributed by atoms with Gasteiger partial charge in [0.2, 0.25) is 0 Å². The van der Waals surface area contributed by atoms with Crippen LogP contribution in [-0.4, -0.2) is 24.0 Å². The molecule has 1 aromatic heterocycles. The molecule has 0 spiro atoms. The second kappa shape index (κ2) is 8.03. The summed E-state index contributed by atoms with van der Waals surface area (Å²) in [5.41, 5.74) is 3.50. The third kappa shape index (κ3) is 4.53. The standard InChI is InChI=1S/C21H21FN2O3/c1-13-3-4-15-11-16(21(26)24-20(15)14(13)2)9-10-23-19(25)12-27-18-7-5-17(22)6-8-18/h3-8,11H,9-10,12H2,1-2H3,(H,23,25)(H,24,26). The zero-order chi connectivity index (χ0) is 19.4. The van der Waals surface area contributed by atoms with Gasteiger partial charge in [-0.3, -0.25) is 9.59 Å². The molecule has 3 aromatic rings. The maximum absolute atomic E-state index is 12.8. The molecule has 0 fully saturated rings. The molecule has 3 rings (SSSR count). The number of hydrogen-bond acceptors (Lipinski definition) is 3. The summed E-state index contributed by atoms with van der Waals surface area (Å²) in [6.45, 7) is 4.14. The van der Waals surface area contributed by atoms with Crippen molar-refractivity contribution in [3.63, 3.8) is 0 Å². The van der Waals surface area contributed by atoms with Crippen molar-refractivity contribution in [3.8, 4) is 5.75 Å². The Morgan fingerprint density at radius 1 is 1.15 bits per heavy atom. The summed E-state index contributed by atoms with van der Waals surface area (Å²) in [7, 11) is 0. The van der Waals surface area contributed by atoms with E-state index in [1.54, 1.807) is 0 Å². The molecule has 0 radical (unpaired) electrons. The number of rotatable bonds is 6. The molecular formula is C21H21FN2O3. The van der Waals surface area contributed by atoms with Gasteiger partial charge in [0, 0.05) is 12.1 Å². The number of aromatic amines is 1. The highest BCUT2D eigenvalue weighted by Crippen LogP contribution is 2.18. The van der Waals surface area contributed by atoms with Gasteiger partial charge in [0.05, 0.1) is 5.52 Å². The van der Waals surface area contributed by atoms with Crippen LogP contribution in [0.25, 0.3) is 10.9 Å². The van der Waals surface area contributed by atoms with Gasteiger partial charge in [0.25, 0.3) is 11.5 Å². The second-order valence-corrected chi connectivity index (χ2v) is 6.44. The molecule has 0 aliphatic rings. The summed E-state index contributed by atoms with van der Waals surface area (Å²) < 4.78 is 18.1. The Balaban J connectivity index is 1.56. The lowest BCUT2D eigenvalue weighted by Gasteiger charge is -2.09. The van der Waals surface area contributed by atoms with Crippen molar-refractivity contribution in [1.29, 1.82) is 0 Å². The van der Waals surface area contributed by atoms with E-state index in [0.29, 0.717) is 24.3 Å². The smallest absolute Gasteiger partial charge is 0.257 e. The van der Waals surface area contributed by atoms with Crippen molar-refractivity contribution in [2.45, 2.75) is 20.3 Å². The number of H-pyrrole nitrogens is 1. The van der Waals surface area contributed by atoms with Gasteiger partial charge in [-0.25, -0.2) is 4.39 Å². The predicted octanol–water partition coefficient (Wildman–Crippen LogP) is 3.02. The highest BCUT2D eigenvalue weighted by Gasteiger charge is 2.08. The molecule has 0 atom stereocenters. The van der Waals surface area contributed by atoms with Crippen LogP contribution >= 0.6 is 0 Å². The van der Waals surface area contributed by atoms with Gasteiger partial charge in [-0.2, -0.15) is 0 Å². The number of aromatic nitrogens is 1. The fraction of sp³-hybridized carbons (Fsp3) is 0.238. The molecule has 1 amide bonds. The summed E-state index contributed by atoms with van der Waals surface area (Å²) in [6.07, 6.45) is 0.417. The van der Waals surface area contributed by atoms with Gasteiger partial charge < -0.3 is 15.0 Å². The average Bonchev–Trinajstić information content (AvgIpc) is 2.65. The van der Waals surface area contributed by atoms with Gasteiger partial charge in [-0.1, -0.05) is 12.1 Å². The molecule has 2 aromatic carbocycles. The zero-order valence-corrected chi connectivity index (χ0v) is 15.3. The van der Waals surface area contributed by atoms with Crippen LogP contribution in [0, 0.1) is 19.7 Å². The molecule has 1 heterocycles. The molecule has 5 nitrogen and oxygen atoms in total. The van der Waals surface area contributed by atoms with Gasteiger partial charge in [0.1, 0.15) is 11.6 Å². The Bertz CT molecular complexity index is 1030. The number of pyridine rings is 1. The summed E-state index contributed by atoms with van der Waals surface area (Å²) in [6, 6.07) is 11.3. The van der Waals surface area contributed by atoms with Crippen molar-refractivity contribution in [2.75, 3.05) is 13.2 Å². The minimum absolute atomic E-state index is 0.145. The third-order valence-corrected chi connectivity index (χ3v) is 4.53. The number of carbonyl (C=O) groups excluding carboxylic acids is 1. The van der Waals surface area contributed by atoms with Gasteiger partial charge in [0.15, 0.2) is 6.61 Å². The highest BCUT2D eigenvalue weighted by molar-refractivity contribution is 5.83. The van der Waals surface area contributed by atoms with Crippen LogP contribution in [0.1, 0.15) is 16.7 Å². The van der Waals surface area contributed by atoms with E-state index in [0.717, 1.165) is 22.0 Å². The number of hydrogen-bond donors (Lipinski definition) is 2. The second-order valence-electron chi connectivity index (χ2n) is 6.44. The van der Waals surface area contributed by atoms with Crippen LogP contribution in [0.4, 0.5) is 4.39 Å². The number of halogens is 1. The summed E-state index contributed by atoms with van der Waals surface area (Å²) in [4.78, 5) is 27.1. The van der Waals surface area contributed by atoms with E-state index >= 15 is 0 Å². The van der Waals surface area contributed by atoms with Crippen LogP contribution in [-0.2, 0) is 11.2 Å². The van der Waals surface area contributed by atoms with Crippen LogP contribution in [0.15, 0.2) is 47.3 Å². The third-order valence-electron chi connectivity index (χ3n) is 4.53. The summed E-state index contributed by atoms with van der Waals surface area (Å²) >= 11 is 0. The van der Waals surface area contributed by atoms with Crippen molar-refractivity contribution in [1.82, 2.24) is 10.3 Å². The molecule has 140 valence electrons. The Morgan fingerprint density at radius 3 is 2.63 bits per heavy atom. The Morgan fingerprint density at radius 2 is 1.89 bits per heavy atom. The van der Waals surface area contributed by atoms with Crippen LogP contribution in [0.3, 0.4) is 0 Å². The quantitative estimate of drug-likeness (QED) is 0.703. The van der Waals surface area contributed by atoms with E-state index in [1.165, 1.54) is 24.3 Å². The van der Waals surface area contributed by atoms with E-state index in [-0.39, 0.29) is 23.9 Å². The normalized spacial score (nSPS) is 10.8. The molecule has 0 aliphatic heterocycles. The molecule has 0 saturated carbocycles. The number of fused-ring (bicyclic) bond motifs is 1. The Hall–Kier alpha value is -3.15. The number of amides is 1. The zero-order valence-electron chi connectivity index (χ0n) is 15.3. The first-order valence-electron chi connectivity index (χ1n) is 8.71. The van der Waals surface area contributed by atoms with Crippen LogP contribution < -0.4 is 15.6 Å². The molecule has 0 bridgehead atoms. The monoisotopic (exact) mass is 368 g/mol. The number of nitrogens with one attached hydrogen (secondary N) is 2. The van der Waals surface area contributed by atoms with Crippen molar-refractivity contribution < 1.29 is 13.9 Å². The minimum atomic E-state index is -0.363. The van der Waals surface area contributed by atoms with E-state index in [1.807, 2.05) is 32.0 Å². The van der Waals surface area contributed by atoms with E-state index in [4.69, 9.17) is 4.74 Å². The van der Waals surface area contributed by atoms with E-state index < -0.39 is 0 Å². The SMILES string of the molecule is Cc1ccc2cc(CCNC(=O)COc3ccc(F)cc3)c(=O)[nH]c2c1C. The lowest BCUT2D eigenvalue weighted by molar-refractivity contribution is -0.123. The molecule has 0 aliphatic carbocycles. The fourth-order valence-corrected chi connectivity index (χ4v) is 2.82. The van der Waals surface area contributed by atoms with Crippen molar-refractivity contribution in [2.24, 2.45) is 0 Å². The Kier molecular flexibility index (Phi) is 5.54. The minimum Gasteiger partial charge on any atom is -0.484 e. The summed E-state index contributed by atoms with van der Waals surface area (Å²) in [5.74, 6) is -0.246. The van der Waals surface area contributed by atoms with Crippen LogP contribution in [0.5, 0.6) is 5.75 Å². The predicted molar refractivity (Wildman–Crippen MR) is 103 cm³/mol. The topological polar surface area (TPSA) is 71.2 Å². The van der Waals surface area contributed by atoms with E-state index in [2.05, 4.69) is 10.3 Å². The number of benzene rings is 2. The van der Waals surface area contributed by atoms with Gasteiger partial charge >= 0.3 is 0 Å². The number of carbonyl (C=O) groups is 1. The molecule has 0 saturated heterocycles. The molecule has 0 unspecified atom stereocenters. The number of aryl methyl sites for hydroxylation is 2. The maximum atomic E-state index is 12.8. The molecule has 6 heteroatoms. The Labute approximate surface area is 156 Å². The first-order chi connectivity index (χ1) is 12.9. The fourth-order valence-electron chi connectivity index (χ4n) is 2.82. The van der Waals surface area contributed by atoms with Gasteiger partial charge in [-0.05, 0) is 67.1 Å². The summed E-state index contributed by atoms with van der Waals surface area (Å²) in [5, 5.41) is 3.69. The first kappa shape index (κ1) is 18.6. The molecular weight excluding hydrogens is 347 g/mol. The van der Waals surface area contributed by atoms with Crippen molar-refractivity contribution in [3.05, 3.63) is 75.3 Å². The number of ether oxygens (including phenoxy) is 1. The first-order valence-corrected chi connectivity index (χ1v) is 8.71. The van der Waals surface area contributed by atoms with Crippen molar-refractivity contribution >= 4 is 16.8 Å². The largest absolute Gasteiger partial charge is 0.484 e. The maximum Gasteiger partial charge on any atom is 0.257 e. The van der Waals surface area contributed by atoms with Gasteiger partial charge in [-0.15, -0.1) is 0 Å². The highest BCUT2D eigenvalue weighted by atomic mass is 19.1. The molecule has 27 heavy (non-hydrogen) atoms. The lowest BCUT2D eigenvalue weighted by Crippen LogP contribution is -2.31. The average molecular weight is 368 g/mol. The molecule has 2 N–H and O–H groups in total. The lowest BCUT2D eigenvalue weighted by atomic mass is 10.0. The van der Waals surface area contributed by atoms with E-state index in [9.17, 15) is 14.0 Å².